The van der Waals surface area contributed by atoms with Gasteiger partial charge < -0.3 is 9.84 Å². The highest BCUT2D eigenvalue weighted by atomic mass is 35.5. The Morgan fingerprint density at radius 2 is 1.68 bits per heavy atom. The number of hydrogen-bond donors (Lipinski definition) is 1. The van der Waals surface area contributed by atoms with Crippen molar-refractivity contribution in [3.05, 3.63) is 85.5 Å². The number of rotatable bonds is 9. The van der Waals surface area contributed by atoms with E-state index < -0.39 is 17.9 Å². The quantitative estimate of drug-likeness (QED) is 0.389. The van der Waals surface area contributed by atoms with Gasteiger partial charge in [0, 0.05) is 24.7 Å². The molecule has 178 valence electrons. The van der Waals surface area contributed by atoms with Crippen molar-refractivity contribution in [2.24, 2.45) is 0 Å². The Kier molecular flexibility index (Phi) is 7.14. The first-order valence-corrected chi connectivity index (χ1v) is 11.3. The molecule has 10 heteroatoms. The largest absolute Gasteiger partial charge is 0.425 e. The SMILES string of the molecule is CCn1c(=O)n(CCCO)c(=O)c2c1nc(Oc1ccc(CF)cc1)n2Cc1ccc(Cl)cc1. The molecule has 4 rings (SSSR count). The Morgan fingerprint density at radius 1 is 1.00 bits per heavy atom. The van der Waals surface area contributed by atoms with Crippen molar-refractivity contribution in [1.82, 2.24) is 18.7 Å². The lowest BCUT2D eigenvalue weighted by molar-refractivity contribution is 0.277. The molecule has 1 N–H and O–H groups in total. The molecule has 0 unspecified atom stereocenters. The van der Waals surface area contributed by atoms with Gasteiger partial charge in [0.2, 0.25) is 0 Å². The highest BCUT2D eigenvalue weighted by Crippen LogP contribution is 2.26. The van der Waals surface area contributed by atoms with Crippen molar-refractivity contribution in [2.75, 3.05) is 6.61 Å². The number of aliphatic hydroxyl groups excluding tert-OH is 1. The Hall–Kier alpha value is -3.43. The van der Waals surface area contributed by atoms with E-state index in [2.05, 4.69) is 4.98 Å². The molecule has 34 heavy (non-hydrogen) atoms. The van der Waals surface area contributed by atoms with E-state index in [0.29, 0.717) is 16.3 Å². The molecule has 0 aliphatic rings. The lowest BCUT2D eigenvalue weighted by Crippen LogP contribution is -2.40. The predicted molar refractivity (Wildman–Crippen MR) is 128 cm³/mol. The fourth-order valence-corrected chi connectivity index (χ4v) is 3.86. The topological polar surface area (TPSA) is 91.3 Å². The Bertz CT molecular complexity index is 1410. The van der Waals surface area contributed by atoms with Crippen molar-refractivity contribution < 1.29 is 14.2 Å². The number of ether oxygens (including phenoxy) is 1. The van der Waals surface area contributed by atoms with E-state index in [4.69, 9.17) is 16.3 Å². The molecule has 0 atom stereocenters. The molecular weight excluding hydrogens is 463 g/mol. The maximum absolute atomic E-state index is 13.4. The minimum Gasteiger partial charge on any atom is -0.425 e. The van der Waals surface area contributed by atoms with Crippen LogP contribution in [-0.2, 0) is 26.3 Å². The summed E-state index contributed by atoms with van der Waals surface area (Å²) in [7, 11) is 0. The number of fused-ring (bicyclic) bond motifs is 1. The third-order valence-electron chi connectivity index (χ3n) is 5.48. The minimum atomic E-state index is -0.592. The average Bonchev–Trinajstić information content (AvgIpc) is 3.18. The van der Waals surface area contributed by atoms with Gasteiger partial charge >= 0.3 is 11.7 Å². The van der Waals surface area contributed by atoms with Gasteiger partial charge in [-0.3, -0.25) is 18.5 Å². The van der Waals surface area contributed by atoms with Crippen molar-refractivity contribution in [3.63, 3.8) is 0 Å². The molecule has 8 nitrogen and oxygen atoms in total. The van der Waals surface area contributed by atoms with Crippen LogP contribution in [0.2, 0.25) is 5.02 Å². The van der Waals surface area contributed by atoms with E-state index in [0.717, 1.165) is 10.1 Å². The van der Waals surface area contributed by atoms with Gasteiger partial charge in [0.05, 0.1) is 6.54 Å². The Labute approximate surface area is 199 Å². The summed E-state index contributed by atoms with van der Waals surface area (Å²) < 4.78 is 23.0. The molecular formula is C24H24ClFN4O4. The van der Waals surface area contributed by atoms with Crippen LogP contribution in [0, 0.1) is 0 Å². The minimum absolute atomic E-state index is 0.0805. The van der Waals surface area contributed by atoms with Crippen molar-refractivity contribution in [1.29, 1.82) is 0 Å². The maximum Gasteiger partial charge on any atom is 0.332 e. The number of benzene rings is 2. The predicted octanol–water partition coefficient (Wildman–Crippen LogP) is 3.73. The zero-order chi connectivity index (χ0) is 24.2. The second-order valence-electron chi connectivity index (χ2n) is 7.72. The summed E-state index contributed by atoms with van der Waals surface area (Å²) in [6.45, 7) is 1.65. The maximum atomic E-state index is 13.4. The van der Waals surface area contributed by atoms with Gasteiger partial charge in [-0.15, -0.1) is 0 Å². The number of aliphatic hydroxyl groups is 1. The van der Waals surface area contributed by atoms with Crippen LogP contribution in [0.15, 0.2) is 58.1 Å². The van der Waals surface area contributed by atoms with E-state index >= 15 is 0 Å². The summed E-state index contributed by atoms with van der Waals surface area (Å²) in [5, 5.41) is 9.81. The van der Waals surface area contributed by atoms with E-state index in [9.17, 15) is 19.1 Å². The number of hydrogen-bond acceptors (Lipinski definition) is 5. The van der Waals surface area contributed by atoms with Crippen LogP contribution >= 0.6 is 11.6 Å². The van der Waals surface area contributed by atoms with E-state index in [1.54, 1.807) is 47.9 Å². The first-order valence-electron chi connectivity index (χ1n) is 10.9. The van der Waals surface area contributed by atoms with E-state index in [1.807, 2.05) is 12.1 Å². The molecule has 0 saturated carbocycles. The molecule has 0 saturated heterocycles. The average molecular weight is 487 g/mol. The zero-order valence-corrected chi connectivity index (χ0v) is 19.3. The second-order valence-corrected chi connectivity index (χ2v) is 8.16. The molecule has 0 amide bonds. The van der Waals surface area contributed by atoms with Gasteiger partial charge in [-0.2, -0.15) is 4.98 Å². The normalized spacial score (nSPS) is 11.3. The third kappa shape index (κ3) is 4.62. The van der Waals surface area contributed by atoms with Crippen LogP contribution in [0.1, 0.15) is 24.5 Å². The fourth-order valence-electron chi connectivity index (χ4n) is 3.73. The van der Waals surface area contributed by atoms with Crippen molar-refractivity contribution in [3.8, 4) is 11.8 Å². The third-order valence-corrected chi connectivity index (χ3v) is 5.73. The number of imidazole rings is 1. The molecule has 0 radical (unpaired) electrons. The van der Waals surface area contributed by atoms with Gasteiger partial charge in [-0.1, -0.05) is 35.9 Å². The van der Waals surface area contributed by atoms with Crippen LogP contribution in [-0.4, -0.2) is 30.4 Å². The molecule has 2 aromatic carbocycles. The van der Waals surface area contributed by atoms with Gasteiger partial charge in [0.1, 0.15) is 12.4 Å². The lowest BCUT2D eigenvalue weighted by atomic mass is 10.2. The van der Waals surface area contributed by atoms with Crippen LogP contribution < -0.4 is 16.0 Å². The zero-order valence-electron chi connectivity index (χ0n) is 18.6. The summed E-state index contributed by atoms with van der Waals surface area (Å²) in [6, 6.07) is 13.7. The number of aromatic nitrogens is 4. The standard InChI is InChI=1S/C24H24ClFN4O4/c1-2-28-21-20(22(32)29(24(28)33)12-3-13-31)30(15-17-4-8-18(25)9-5-17)23(27-21)34-19-10-6-16(14-26)7-11-19/h4-11,31H,2-3,12-15H2,1H3. The number of aryl methyl sites for hydroxylation is 1. The Morgan fingerprint density at radius 3 is 2.29 bits per heavy atom. The first kappa shape index (κ1) is 23.7. The molecule has 0 aliphatic carbocycles. The molecule has 2 aromatic heterocycles. The van der Waals surface area contributed by atoms with Crippen LogP contribution in [0.4, 0.5) is 4.39 Å². The number of alkyl halides is 1. The van der Waals surface area contributed by atoms with E-state index in [1.165, 1.54) is 4.57 Å². The molecule has 0 spiro atoms. The fraction of sp³-hybridized carbons (Fsp3) is 0.292. The highest BCUT2D eigenvalue weighted by molar-refractivity contribution is 6.30. The van der Waals surface area contributed by atoms with Crippen LogP contribution in [0.25, 0.3) is 11.2 Å². The second kappa shape index (κ2) is 10.2. The van der Waals surface area contributed by atoms with Gasteiger partial charge in [-0.25, -0.2) is 9.18 Å². The van der Waals surface area contributed by atoms with Crippen LogP contribution in [0.5, 0.6) is 11.8 Å². The number of halogens is 2. The number of nitrogens with zero attached hydrogens (tertiary/aromatic N) is 4. The van der Waals surface area contributed by atoms with Crippen molar-refractivity contribution in [2.45, 2.75) is 39.7 Å². The monoisotopic (exact) mass is 486 g/mol. The van der Waals surface area contributed by atoms with E-state index in [-0.39, 0.29) is 49.8 Å². The molecule has 0 fully saturated rings. The molecule has 0 bridgehead atoms. The van der Waals surface area contributed by atoms with Gasteiger partial charge in [0.15, 0.2) is 11.2 Å². The van der Waals surface area contributed by atoms with Crippen LogP contribution in [0.3, 0.4) is 0 Å². The molecule has 2 heterocycles. The van der Waals surface area contributed by atoms with Gasteiger partial charge in [-0.05, 0) is 48.7 Å². The highest BCUT2D eigenvalue weighted by Gasteiger charge is 2.22. The smallest absolute Gasteiger partial charge is 0.332 e. The lowest BCUT2D eigenvalue weighted by Gasteiger charge is -2.12. The van der Waals surface area contributed by atoms with Crippen molar-refractivity contribution >= 4 is 22.8 Å². The Balaban J connectivity index is 1.93. The summed E-state index contributed by atoms with van der Waals surface area (Å²) >= 11 is 6.02. The summed E-state index contributed by atoms with van der Waals surface area (Å²) in [5.74, 6) is 0.413. The van der Waals surface area contributed by atoms with Gasteiger partial charge in [0.25, 0.3) is 5.56 Å². The summed E-state index contributed by atoms with van der Waals surface area (Å²) in [6.07, 6.45) is 0.264. The molecule has 0 aliphatic heterocycles. The summed E-state index contributed by atoms with van der Waals surface area (Å²) in [4.78, 5) is 30.9. The first-order chi connectivity index (χ1) is 16.5. The summed E-state index contributed by atoms with van der Waals surface area (Å²) in [5.41, 5.74) is 0.767. The molecule has 4 aromatic rings.